The molecule has 7 heteroatoms. The molecule has 2 N–H and O–H groups in total. The van der Waals surface area contributed by atoms with Gasteiger partial charge in [0.05, 0.1) is 0 Å². The summed E-state index contributed by atoms with van der Waals surface area (Å²) in [5.74, 6) is 0. The summed E-state index contributed by atoms with van der Waals surface area (Å²) in [6.07, 6.45) is 0.250. The van der Waals surface area contributed by atoms with Gasteiger partial charge in [0.1, 0.15) is 0 Å². The van der Waals surface area contributed by atoms with Crippen molar-refractivity contribution in [2.24, 2.45) is 5.73 Å². The van der Waals surface area contributed by atoms with Crippen LogP contribution in [0.25, 0.3) is 0 Å². The molecule has 0 aromatic heterocycles. The number of carbonyl (C=O) groups is 1. The van der Waals surface area contributed by atoms with E-state index in [-0.39, 0.29) is 6.41 Å². The van der Waals surface area contributed by atoms with Gasteiger partial charge in [-0.15, -0.1) is 0 Å². The van der Waals surface area contributed by atoms with E-state index in [1.54, 1.807) is 0 Å². The summed E-state index contributed by atoms with van der Waals surface area (Å²) in [7, 11) is 0. The number of amides is 1. The number of hydrogen-bond acceptors (Lipinski definition) is 2. The first-order valence-electron chi connectivity index (χ1n) is 1.26. The number of hydrogen-bond donors (Lipinski definition) is 1. The molecule has 0 saturated carbocycles. The van der Waals surface area contributed by atoms with E-state index in [9.17, 15) is 4.57 Å². The van der Waals surface area contributed by atoms with E-state index in [0.717, 1.165) is 0 Å². The third kappa shape index (κ3) is 627. The van der Waals surface area contributed by atoms with Crippen molar-refractivity contribution in [3.63, 3.8) is 0 Å². The zero-order valence-electron chi connectivity index (χ0n) is 3.55. The first kappa shape index (κ1) is 11.4. The molecule has 0 spiro atoms. The quantitative estimate of drug-likeness (QED) is 0.477. The first-order valence-corrected chi connectivity index (χ1v) is 5.68. The van der Waals surface area contributed by atoms with E-state index in [4.69, 9.17) is 4.79 Å². The van der Waals surface area contributed by atoms with Crippen LogP contribution in [0.5, 0.6) is 0 Å². The molecule has 0 aromatic carbocycles. The van der Waals surface area contributed by atoms with Crippen molar-refractivity contribution in [3.8, 4) is 0 Å². The minimum atomic E-state index is -3.22. The number of nitrogens with two attached hydrogens (primary N) is 1. The van der Waals surface area contributed by atoms with Gasteiger partial charge in [-0.25, -0.2) is 0 Å². The lowest BCUT2D eigenvalue weighted by Crippen LogP contribution is -1.82. The van der Waals surface area contributed by atoms with Crippen LogP contribution in [0, 0.1) is 0 Å². The Kier molecular flexibility index (Phi) is 8.11. The summed E-state index contributed by atoms with van der Waals surface area (Å²) in [6, 6.07) is 0. The molecule has 1 amide bonds. The Labute approximate surface area is 60.8 Å². The lowest BCUT2D eigenvalue weighted by atomic mass is 11.5. The van der Waals surface area contributed by atoms with Gasteiger partial charge in [-0.05, 0) is 33.7 Å². The smallest absolute Gasteiger partial charge is 0.339 e. The van der Waals surface area contributed by atoms with Crippen molar-refractivity contribution in [3.05, 3.63) is 0 Å². The molecule has 0 radical (unpaired) electrons. The molecule has 0 heterocycles. The predicted molar refractivity (Wildman–Crippen MR) is 35.4 cm³/mol. The lowest BCUT2D eigenvalue weighted by molar-refractivity contribution is -0.106. The molecule has 50 valence electrons. The highest BCUT2D eigenvalue weighted by molar-refractivity contribution is 8.24. The molecule has 0 unspecified atom stereocenters. The van der Waals surface area contributed by atoms with Crippen LogP contribution in [0.1, 0.15) is 0 Å². The second kappa shape index (κ2) is 5.70. The summed E-state index contributed by atoms with van der Waals surface area (Å²) in [5.41, 5.74) is 4.17. The maximum atomic E-state index is 9.51. The van der Waals surface area contributed by atoms with Crippen LogP contribution >= 0.6 is 38.9 Å². The van der Waals surface area contributed by atoms with Crippen molar-refractivity contribution < 1.29 is 9.36 Å². The van der Waals surface area contributed by atoms with Gasteiger partial charge in [-0.1, -0.05) is 0 Å². The molecule has 0 bridgehead atoms. The number of carbonyl (C=O) groups excluding carboxylic acids is 1. The van der Waals surface area contributed by atoms with Gasteiger partial charge in [-0.3, -0.25) is 9.36 Å². The summed E-state index contributed by atoms with van der Waals surface area (Å²) in [4.78, 5) is 8.58. The van der Waals surface area contributed by atoms with E-state index >= 15 is 0 Å². The fraction of sp³-hybridized carbons (Fsp3) is 0. The Morgan fingerprint density at radius 2 is 1.38 bits per heavy atom. The van der Waals surface area contributed by atoms with Gasteiger partial charge in [0, 0.05) is 0 Å². The average molecular weight is 198 g/mol. The summed E-state index contributed by atoms with van der Waals surface area (Å²) in [5, 5.41) is -3.22. The van der Waals surface area contributed by atoms with Crippen LogP contribution in [0.3, 0.4) is 0 Å². The Hall–Kier alpha value is 0.570. The van der Waals surface area contributed by atoms with Gasteiger partial charge in [0.15, 0.2) is 0 Å². The number of rotatable bonds is 0. The normalized spacial score (nSPS) is 8.88. The molecule has 0 aliphatic rings. The highest BCUT2D eigenvalue weighted by Gasteiger charge is 2.02. The molecule has 0 saturated heterocycles. The van der Waals surface area contributed by atoms with Crippen LogP contribution in [-0.2, 0) is 9.36 Å². The van der Waals surface area contributed by atoms with Crippen LogP contribution in [-0.4, -0.2) is 6.41 Å². The Morgan fingerprint density at radius 1 is 1.38 bits per heavy atom. The fourth-order valence-corrected chi connectivity index (χ4v) is 0. The van der Waals surface area contributed by atoms with Crippen LogP contribution in [0.4, 0.5) is 0 Å². The van der Waals surface area contributed by atoms with E-state index in [2.05, 4.69) is 39.5 Å². The SMILES string of the molecule is NC=O.O=P(Cl)(Cl)Cl. The minimum absolute atomic E-state index is 0.250. The zero-order valence-corrected chi connectivity index (χ0v) is 6.71. The summed E-state index contributed by atoms with van der Waals surface area (Å²) < 4.78 is 9.51. The molecular weight excluding hydrogens is 195 g/mol. The highest BCUT2D eigenvalue weighted by Crippen LogP contribution is 2.61. The Bertz CT molecular complexity index is 91.2. The van der Waals surface area contributed by atoms with E-state index in [0.29, 0.717) is 0 Å². The Morgan fingerprint density at radius 3 is 1.38 bits per heavy atom. The van der Waals surface area contributed by atoms with Crippen molar-refractivity contribution in [1.82, 2.24) is 0 Å². The molecule has 0 aliphatic carbocycles. The topological polar surface area (TPSA) is 60.2 Å². The predicted octanol–water partition coefficient (Wildman–Crippen LogP) is 1.91. The third-order valence-corrected chi connectivity index (χ3v) is 0. The largest absolute Gasteiger partial charge is 0.372 e. The van der Waals surface area contributed by atoms with Gasteiger partial charge in [-0.2, -0.15) is 0 Å². The molecule has 0 rings (SSSR count). The van der Waals surface area contributed by atoms with Gasteiger partial charge in [0.2, 0.25) is 6.41 Å². The standard InChI is InChI=1S/CH3NO.Cl3OP/c2-1-3;1-5(2,3)4/h1H,(H2,2,3);. The van der Waals surface area contributed by atoms with Crippen molar-refractivity contribution in [2.45, 2.75) is 0 Å². The van der Waals surface area contributed by atoms with Crippen LogP contribution in [0.15, 0.2) is 0 Å². The molecule has 3 nitrogen and oxygen atoms in total. The van der Waals surface area contributed by atoms with Crippen molar-refractivity contribution in [2.75, 3.05) is 0 Å². The molecule has 0 aromatic rings. The van der Waals surface area contributed by atoms with Crippen LogP contribution < -0.4 is 5.73 Å². The molecule has 0 aliphatic heterocycles. The molecule has 0 atom stereocenters. The van der Waals surface area contributed by atoms with E-state index in [1.807, 2.05) is 0 Å². The number of primary amides is 1. The van der Waals surface area contributed by atoms with Gasteiger partial charge >= 0.3 is 5.20 Å². The second-order valence-electron chi connectivity index (χ2n) is 0.535. The Balaban J connectivity index is 0. The highest BCUT2D eigenvalue weighted by atomic mass is 36.0. The van der Waals surface area contributed by atoms with Crippen LogP contribution in [0.2, 0.25) is 0 Å². The fourth-order valence-electron chi connectivity index (χ4n) is 0. The second-order valence-corrected chi connectivity index (χ2v) is 7.17. The molecular formula is CH3Cl3NO2P. The number of halogens is 3. The molecule has 8 heavy (non-hydrogen) atoms. The maximum Gasteiger partial charge on any atom is 0.339 e. The summed E-state index contributed by atoms with van der Waals surface area (Å²) >= 11 is 13.8. The monoisotopic (exact) mass is 197 g/mol. The van der Waals surface area contributed by atoms with Crippen molar-refractivity contribution >= 4 is 45.3 Å². The summed E-state index contributed by atoms with van der Waals surface area (Å²) in [6.45, 7) is 0. The van der Waals surface area contributed by atoms with E-state index in [1.165, 1.54) is 0 Å². The van der Waals surface area contributed by atoms with Gasteiger partial charge < -0.3 is 5.73 Å². The molecule has 0 fully saturated rings. The van der Waals surface area contributed by atoms with E-state index < -0.39 is 5.20 Å². The average Bonchev–Trinajstić information content (AvgIpc) is 1.27. The van der Waals surface area contributed by atoms with Gasteiger partial charge in [0.25, 0.3) is 0 Å². The third-order valence-electron chi connectivity index (χ3n) is 0. The maximum absolute atomic E-state index is 9.51. The first-order chi connectivity index (χ1) is 3.41. The zero-order chi connectivity index (χ0) is 7.21. The lowest BCUT2D eigenvalue weighted by Gasteiger charge is -1.74. The minimum Gasteiger partial charge on any atom is -0.372 e. The van der Waals surface area contributed by atoms with Crippen molar-refractivity contribution in [1.29, 1.82) is 0 Å².